The molecule has 1 saturated heterocycles. The first-order chi connectivity index (χ1) is 17.1. The summed E-state index contributed by atoms with van der Waals surface area (Å²) in [6.07, 6.45) is 1.85. The Labute approximate surface area is 240 Å². The van der Waals surface area contributed by atoms with Crippen LogP contribution in [0.25, 0.3) is 0 Å². The van der Waals surface area contributed by atoms with Gasteiger partial charge < -0.3 is 14.9 Å². The molecule has 2 aromatic rings. The first-order valence-corrected chi connectivity index (χ1v) is 15.5. The Morgan fingerprint density at radius 3 is 1.05 bits per heavy atom. The molecule has 0 aromatic heterocycles. The molecule has 212 valence electrons. The van der Waals surface area contributed by atoms with E-state index in [4.69, 9.17) is 4.74 Å². The van der Waals surface area contributed by atoms with Gasteiger partial charge in [-0.3, -0.25) is 0 Å². The third-order valence-corrected chi connectivity index (χ3v) is 10.3. The summed E-state index contributed by atoms with van der Waals surface area (Å²) in [5, 5.41) is 22.5. The average molecular weight is 559 g/mol. The normalized spacial score (nSPS) is 17.1. The molecule has 1 heterocycles. The molecular formula is C33H50O3S2. The van der Waals surface area contributed by atoms with Gasteiger partial charge in [0, 0.05) is 45.3 Å². The number of rotatable bonds is 4. The van der Waals surface area contributed by atoms with Gasteiger partial charge in [-0.2, -0.15) is 0 Å². The summed E-state index contributed by atoms with van der Waals surface area (Å²) < 4.78 is 5.73. The molecule has 0 spiro atoms. The Bertz CT molecular complexity index is 993. The topological polar surface area (TPSA) is 49.7 Å². The first kappa shape index (κ1) is 31.2. The second kappa shape index (κ2) is 10.6. The molecule has 0 unspecified atom stereocenters. The van der Waals surface area contributed by atoms with E-state index in [0.29, 0.717) is 11.5 Å². The van der Waals surface area contributed by atoms with Crippen molar-refractivity contribution in [3.8, 4) is 11.5 Å². The summed E-state index contributed by atoms with van der Waals surface area (Å²) in [7, 11) is 0. The highest BCUT2D eigenvalue weighted by Gasteiger charge is 2.38. The van der Waals surface area contributed by atoms with Gasteiger partial charge in [0.2, 0.25) is 0 Å². The minimum absolute atomic E-state index is 0.110. The number of benzene rings is 2. The Balaban J connectivity index is 2.15. The minimum atomic E-state index is -0.170. The van der Waals surface area contributed by atoms with Crippen molar-refractivity contribution in [2.24, 2.45) is 0 Å². The fraction of sp³-hybridized carbons (Fsp3) is 0.636. The molecule has 0 atom stereocenters. The predicted octanol–water partition coefficient (Wildman–Crippen LogP) is 9.68. The maximum Gasteiger partial charge on any atom is 0.123 e. The number of ether oxygens (including phenoxy) is 1. The van der Waals surface area contributed by atoms with Gasteiger partial charge in [0.1, 0.15) is 11.5 Å². The maximum absolute atomic E-state index is 11.3. The quantitative estimate of drug-likeness (QED) is 0.366. The molecule has 0 saturated carbocycles. The molecule has 0 aliphatic carbocycles. The first-order valence-electron chi connectivity index (χ1n) is 13.9. The monoisotopic (exact) mass is 558 g/mol. The molecule has 38 heavy (non-hydrogen) atoms. The van der Waals surface area contributed by atoms with E-state index in [-0.39, 0.29) is 25.7 Å². The zero-order valence-corrected chi connectivity index (χ0v) is 27.4. The second-order valence-corrected chi connectivity index (χ2v) is 18.1. The standard InChI is InChI=1S/C33H50O3S2/c1-29(2,3)23-17-21(18-24(27(23)34)30(4,5)6)37-33(13-15-36-16-14-33)38-22-19-25(31(7,8)9)28(35)26(20-22)32(10,11)12/h17-20,34-35H,13-16H2,1-12H3. The van der Waals surface area contributed by atoms with Crippen molar-refractivity contribution < 1.29 is 14.9 Å². The average Bonchev–Trinajstić information content (AvgIpc) is 2.73. The molecule has 5 heteroatoms. The summed E-state index contributed by atoms with van der Waals surface area (Å²) in [6, 6.07) is 8.80. The summed E-state index contributed by atoms with van der Waals surface area (Å²) >= 11 is 3.83. The van der Waals surface area contributed by atoms with Crippen LogP contribution in [-0.4, -0.2) is 27.5 Å². The fourth-order valence-corrected chi connectivity index (χ4v) is 8.01. The molecule has 1 aliphatic rings. The van der Waals surface area contributed by atoms with E-state index in [1.807, 2.05) is 23.5 Å². The minimum Gasteiger partial charge on any atom is -0.507 e. The number of thioether (sulfide) groups is 2. The lowest BCUT2D eigenvalue weighted by Gasteiger charge is -2.38. The number of aromatic hydroxyl groups is 2. The van der Waals surface area contributed by atoms with Gasteiger partial charge in [-0.25, -0.2) is 0 Å². The second-order valence-electron chi connectivity index (χ2n) is 15.0. The third kappa shape index (κ3) is 7.06. The van der Waals surface area contributed by atoms with Crippen LogP contribution in [0.5, 0.6) is 11.5 Å². The van der Waals surface area contributed by atoms with Crippen molar-refractivity contribution in [1.82, 2.24) is 0 Å². The van der Waals surface area contributed by atoms with Crippen LogP contribution < -0.4 is 0 Å². The molecule has 1 aliphatic heterocycles. The molecule has 1 fully saturated rings. The van der Waals surface area contributed by atoms with Crippen LogP contribution >= 0.6 is 23.5 Å². The highest BCUT2D eigenvalue weighted by Crippen LogP contribution is 2.55. The number of phenolic OH excluding ortho intramolecular Hbond substituents is 2. The molecule has 2 N–H and O–H groups in total. The highest BCUT2D eigenvalue weighted by atomic mass is 32.2. The van der Waals surface area contributed by atoms with Crippen molar-refractivity contribution in [2.75, 3.05) is 13.2 Å². The third-order valence-electron chi connectivity index (χ3n) is 7.26. The Kier molecular flexibility index (Phi) is 8.71. The SMILES string of the molecule is CC(C)(C)c1cc(SC2(Sc3cc(C(C)(C)C)c(O)c(C(C)(C)C)c3)CCOCC2)cc(C(C)(C)C)c1O. The Morgan fingerprint density at radius 2 is 0.816 bits per heavy atom. The summed E-state index contributed by atoms with van der Waals surface area (Å²) in [4.78, 5) is 2.39. The molecule has 0 amide bonds. The molecule has 2 aromatic carbocycles. The van der Waals surface area contributed by atoms with Crippen molar-refractivity contribution >= 4 is 23.5 Å². The van der Waals surface area contributed by atoms with Crippen LogP contribution in [0.1, 0.15) is 118 Å². The van der Waals surface area contributed by atoms with Crippen molar-refractivity contribution in [2.45, 2.75) is 131 Å². The highest BCUT2D eigenvalue weighted by molar-refractivity contribution is 8.18. The van der Waals surface area contributed by atoms with Crippen molar-refractivity contribution in [1.29, 1.82) is 0 Å². The molecular weight excluding hydrogens is 508 g/mol. The van der Waals surface area contributed by atoms with Gasteiger partial charge in [-0.15, -0.1) is 23.5 Å². The van der Waals surface area contributed by atoms with E-state index < -0.39 is 0 Å². The van der Waals surface area contributed by atoms with Crippen molar-refractivity contribution in [3.05, 3.63) is 46.5 Å². The number of phenols is 2. The fourth-order valence-electron chi connectivity index (χ4n) is 4.96. The smallest absolute Gasteiger partial charge is 0.123 e. The van der Waals surface area contributed by atoms with Gasteiger partial charge in [0.25, 0.3) is 0 Å². The van der Waals surface area contributed by atoms with Crippen LogP contribution in [0.15, 0.2) is 34.1 Å². The van der Waals surface area contributed by atoms with Gasteiger partial charge >= 0.3 is 0 Å². The zero-order valence-electron chi connectivity index (χ0n) is 25.8. The van der Waals surface area contributed by atoms with E-state index in [9.17, 15) is 10.2 Å². The lowest BCUT2D eigenvalue weighted by molar-refractivity contribution is 0.0946. The molecule has 0 radical (unpaired) electrons. The number of hydrogen-bond donors (Lipinski definition) is 2. The number of hydrogen-bond acceptors (Lipinski definition) is 5. The zero-order chi connectivity index (χ0) is 28.9. The summed E-state index contributed by atoms with van der Waals surface area (Å²) in [5.74, 6) is 0.845. The summed E-state index contributed by atoms with van der Waals surface area (Å²) in [5.41, 5.74) is 3.30. The predicted molar refractivity (Wildman–Crippen MR) is 166 cm³/mol. The molecule has 3 nitrogen and oxygen atoms in total. The van der Waals surface area contributed by atoms with Crippen LogP contribution in [-0.2, 0) is 26.4 Å². The van der Waals surface area contributed by atoms with Gasteiger partial charge in [-0.1, -0.05) is 83.1 Å². The largest absolute Gasteiger partial charge is 0.507 e. The van der Waals surface area contributed by atoms with Crippen LogP contribution in [0.3, 0.4) is 0 Å². The molecule has 0 bridgehead atoms. The van der Waals surface area contributed by atoms with Crippen LogP contribution in [0.4, 0.5) is 0 Å². The maximum atomic E-state index is 11.3. The van der Waals surface area contributed by atoms with Crippen LogP contribution in [0.2, 0.25) is 0 Å². The van der Waals surface area contributed by atoms with E-state index in [1.54, 1.807) is 0 Å². The lowest BCUT2D eigenvalue weighted by Crippen LogP contribution is -2.30. The summed E-state index contributed by atoms with van der Waals surface area (Å²) in [6.45, 7) is 27.5. The van der Waals surface area contributed by atoms with Gasteiger partial charge in [-0.05, 0) is 58.8 Å². The molecule has 3 rings (SSSR count). The van der Waals surface area contributed by atoms with Gasteiger partial charge in [0.05, 0.1) is 4.08 Å². The van der Waals surface area contributed by atoms with Crippen molar-refractivity contribution in [3.63, 3.8) is 0 Å². The van der Waals surface area contributed by atoms with Crippen LogP contribution in [0, 0.1) is 0 Å². The van der Waals surface area contributed by atoms with E-state index >= 15 is 0 Å². The Hall–Kier alpha value is -1.30. The lowest BCUT2D eigenvalue weighted by atomic mass is 9.79. The Morgan fingerprint density at radius 1 is 0.553 bits per heavy atom. The van der Waals surface area contributed by atoms with E-state index in [1.165, 1.54) is 9.79 Å². The van der Waals surface area contributed by atoms with E-state index in [2.05, 4.69) is 107 Å². The van der Waals surface area contributed by atoms with E-state index in [0.717, 1.165) is 48.3 Å². The van der Waals surface area contributed by atoms with Gasteiger partial charge in [0.15, 0.2) is 0 Å².